The molecule has 0 aliphatic carbocycles. The van der Waals surface area contributed by atoms with Crippen LogP contribution in [0.1, 0.15) is 25.3 Å². The molecule has 3 N–H and O–H groups in total. The van der Waals surface area contributed by atoms with Crippen LogP contribution in [-0.4, -0.2) is 44.1 Å². The van der Waals surface area contributed by atoms with Crippen molar-refractivity contribution in [3.05, 3.63) is 60.3 Å². The number of carbonyl (C=O) groups excluding carboxylic acids is 1. The highest BCUT2D eigenvalue weighted by Crippen LogP contribution is 2.28. The van der Waals surface area contributed by atoms with Gasteiger partial charge < -0.3 is 15.4 Å². The van der Waals surface area contributed by atoms with Crippen molar-refractivity contribution in [3.63, 3.8) is 0 Å². The maximum atomic E-state index is 12.5. The van der Waals surface area contributed by atoms with Gasteiger partial charge in [0.2, 0.25) is 16.0 Å². The maximum absolute atomic E-state index is 12.5. The Morgan fingerprint density at radius 1 is 1.12 bits per heavy atom. The van der Waals surface area contributed by atoms with Crippen molar-refractivity contribution in [2.45, 2.75) is 31.1 Å². The van der Waals surface area contributed by atoms with E-state index in [1.165, 1.54) is 0 Å². The number of aryl methyl sites for hydroxylation is 1. The molecule has 0 saturated heterocycles. The van der Waals surface area contributed by atoms with Gasteiger partial charge in [0.05, 0.1) is 11.5 Å². The summed E-state index contributed by atoms with van der Waals surface area (Å²) in [6.45, 7) is 3.01. The molecule has 0 radical (unpaired) electrons. The highest BCUT2D eigenvalue weighted by molar-refractivity contribution is 7.89. The molecule has 2 heterocycles. The molecule has 0 fully saturated rings. The third-order valence-corrected chi connectivity index (χ3v) is 6.77. The first-order valence-electron chi connectivity index (χ1n) is 11.2. The first-order valence-corrected chi connectivity index (χ1v) is 12.7. The molecule has 1 aliphatic rings. The molecule has 3 aromatic rings. The lowest BCUT2D eigenvalue weighted by Gasteiger charge is -2.13. The minimum absolute atomic E-state index is 0.185. The van der Waals surface area contributed by atoms with Gasteiger partial charge in [-0.05, 0) is 49.1 Å². The number of aromatic nitrogens is 2. The van der Waals surface area contributed by atoms with Gasteiger partial charge in [-0.1, -0.05) is 30.3 Å². The van der Waals surface area contributed by atoms with Crippen LogP contribution in [0.15, 0.2) is 59.6 Å². The number of nitrogens with zero attached hydrogens (tertiary/aromatic N) is 2. The van der Waals surface area contributed by atoms with E-state index in [1.807, 2.05) is 24.3 Å². The zero-order valence-electron chi connectivity index (χ0n) is 18.9. The van der Waals surface area contributed by atoms with E-state index >= 15 is 0 Å². The van der Waals surface area contributed by atoms with E-state index in [0.717, 1.165) is 16.7 Å². The molecular formula is C24H27N5O4S. The highest BCUT2D eigenvalue weighted by atomic mass is 32.2. The minimum atomic E-state index is -3.59. The Morgan fingerprint density at radius 2 is 1.94 bits per heavy atom. The Morgan fingerprint density at radius 3 is 2.74 bits per heavy atom. The van der Waals surface area contributed by atoms with Crippen molar-refractivity contribution < 1.29 is 17.9 Å². The standard InChI is InChI=1S/C24H27N5O4S/c1-2-33-22(30)12-9-17-7-10-18(11-8-17)21-16-26-24-28-19-5-3-6-20(15-19)34(31,32)27-14-4-13-25-23(21)29-24/h3,5-8,10-11,15-16,27H,2,4,9,12-14H2,1H3,(H2,25,26,28,29). The van der Waals surface area contributed by atoms with Crippen LogP contribution in [-0.2, 0) is 26.0 Å². The van der Waals surface area contributed by atoms with E-state index in [0.29, 0.717) is 56.4 Å². The minimum Gasteiger partial charge on any atom is -0.466 e. The van der Waals surface area contributed by atoms with E-state index in [9.17, 15) is 13.2 Å². The Hall–Kier alpha value is -3.50. The average Bonchev–Trinajstić information content (AvgIpc) is 2.83. The van der Waals surface area contributed by atoms with Gasteiger partial charge in [0, 0.05) is 37.0 Å². The highest BCUT2D eigenvalue weighted by Gasteiger charge is 2.16. The molecule has 0 amide bonds. The number of sulfonamides is 1. The van der Waals surface area contributed by atoms with E-state index in [1.54, 1.807) is 37.4 Å². The van der Waals surface area contributed by atoms with Crippen molar-refractivity contribution in [1.29, 1.82) is 0 Å². The summed E-state index contributed by atoms with van der Waals surface area (Å²) in [6.07, 6.45) is 3.27. The topological polar surface area (TPSA) is 122 Å². The molecule has 10 heteroatoms. The third-order valence-electron chi connectivity index (χ3n) is 5.32. The van der Waals surface area contributed by atoms with E-state index in [4.69, 9.17) is 4.74 Å². The normalized spacial score (nSPS) is 15.0. The van der Waals surface area contributed by atoms with Crippen LogP contribution in [0.2, 0.25) is 0 Å². The molecule has 1 aromatic heterocycles. The lowest BCUT2D eigenvalue weighted by atomic mass is 10.0. The number of hydrogen-bond donors (Lipinski definition) is 3. The van der Waals surface area contributed by atoms with E-state index in [2.05, 4.69) is 25.3 Å². The summed E-state index contributed by atoms with van der Waals surface area (Å²) in [6, 6.07) is 14.5. The smallest absolute Gasteiger partial charge is 0.306 e. The van der Waals surface area contributed by atoms with Gasteiger partial charge in [-0.3, -0.25) is 4.79 Å². The van der Waals surface area contributed by atoms with Crippen LogP contribution in [0, 0.1) is 0 Å². The SMILES string of the molecule is CCOC(=O)CCc1ccc(-c2cnc3nc2NCCCNS(=O)(=O)c2cccc(c2)N3)cc1. The van der Waals surface area contributed by atoms with Crippen LogP contribution in [0.5, 0.6) is 0 Å². The molecular weight excluding hydrogens is 454 g/mol. The zero-order valence-corrected chi connectivity index (χ0v) is 19.7. The largest absolute Gasteiger partial charge is 0.466 e. The molecule has 34 heavy (non-hydrogen) atoms. The summed E-state index contributed by atoms with van der Waals surface area (Å²) in [4.78, 5) is 20.9. The number of fused-ring (bicyclic) bond motifs is 4. The fourth-order valence-corrected chi connectivity index (χ4v) is 4.69. The van der Waals surface area contributed by atoms with Crippen molar-refractivity contribution in [3.8, 4) is 11.1 Å². The summed E-state index contributed by atoms with van der Waals surface area (Å²) in [5, 5.41) is 6.39. The summed E-state index contributed by atoms with van der Waals surface area (Å²) in [7, 11) is -3.59. The van der Waals surface area contributed by atoms with Crippen LogP contribution in [0.3, 0.4) is 0 Å². The maximum Gasteiger partial charge on any atom is 0.306 e. The van der Waals surface area contributed by atoms with Gasteiger partial charge in [0.1, 0.15) is 5.82 Å². The predicted octanol–water partition coefficient (Wildman–Crippen LogP) is 3.48. The number of esters is 1. The first-order chi connectivity index (χ1) is 16.4. The number of nitrogens with one attached hydrogen (secondary N) is 3. The molecule has 4 rings (SSSR count). The summed E-state index contributed by atoms with van der Waals surface area (Å²) in [5.41, 5.74) is 3.37. The molecule has 178 valence electrons. The number of anilines is 3. The Bertz CT molecular complexity index is 1260. The van der Waals surface area contributed by atoms with Gasteiger partial charge in [-0.25, -0.2) is 18.1 Å². The zero-order chi connectivity index (χ0) is 24.0. The molecule has 9 nitrogen and oxygen atoms in total. The monoisotopic (exact) mass is 481 g/mol. The quantitative estimate of drug-likeness (QED) is 0.474. The number of ether oxygens (including phenoxy) is 1. The molecule has 0 saturated carbocycles. The first kappa shape index (κ1) is 23.7. The lowest BCUT2D eigenvalue weighted by molar-refractivity contribution is -0.143. The van der Waals surface area contributed by atoms with Crippen LogP contribution >= 0.6 is 0 Å². The van der Waals surface area contributed by atoms with Crippen molar-refractivity contribution >= 4 is 33.4 Å². The van der Waals surface area contributed by atoms with Gasteiger partial charge in [0.15, 0.2) is 0 Å². The Labute approximate surface area is 199 Å². The fourth-order valence-electron chi connectivity index (χ4n) is 3.57. The van der Waals surface area contributed by atoms with Gasteiger partial charge >= 0.3 is 5.97 Å². The van der Waals surface area contributed by atoms with Crippen molar-refractivity contribution in [2.24, 2.45) is 0 Å². The van der Waals surface area contributed by atoms with Crippen LogP contribution < -0.4 is 15.4 Å². The molecule has 0 spiro atoms. The number of hydrogen-bond acceptors (Lipinski definition) is 8. The summed E-state index contributed by atoms with van der Waals surface area (Å²) in [5.74, 6) is 0.806. The Kier molecular flexibility index (Phi) is 7.39. The molecule has 4 bridgehead atoms. The Balaban J connectivity index is 1.58. The third kappa shape index (κ3) is 5.89. The average molecular weight is 482 g/mol. The lowest BCUT2D eigenvalue weighted by Crippen LogP contribution is -2.26. The number of rotatable bonds is 5. The second-order valence-electron chi connectivity index (χ2n) is 7.79. The van der Waals surface area contributed by atoms with Crippen molar-refractivity contribution in [1.82, 2.24) is 14.7 Å². The second-order valence-corrected chi connectivity index (χ2v) is 9.56. The molecule has 2 aromatic carbocycles. The molecule has 1 aliphatic heterocycles. The van der Waals surface area contributed by atoms with Gasteiger partial charge in [-0.2, -0.15) is 4.98 Å². The summed E-state index contributed by atoms with van der Waals surface area (Å²) < 4.78 is 32.7. The van der Waals surface area contributed by atoms with E-state index < -0.39 is 10.0 Å². The number of carbonyl (C=O) groups is 1. The molecule has 0 atom stereocenters. The predicted molar refractivity (Wildman–Crippen MR) is 130 cm³/mol. The van der Waals surface area contributed by atoms with Crippen LogP contribution in [0.25, 0.3) is 11.1 Å². The summed E-state index contributed by atoms with van der Waals surface area (Å²) >= 11 is 0. The second kappa shape index (κ2) is 10.6. The van der Waals surface area contributed by atoms with Gasteiger partial charge in [0.25, 0.3) is 0 Å². The van der Waals surface area contributed by atoms with Crippen molar-refractivity contribution in [2.75, 3.05) is 30.3 Å². The van der Waals surface area contributed by atoms with E-state index in [-0.39, 0.29) is 10.9 Å². The fraction of sp³-hybridized carbons (Fsp3) is 0.292. The number of benzene rings is 2. The molecule has 0 unspecified atom stereocenters. The van der Waals surface area contributed by atoms with Crippen LogP contribution in [0.4, 0.5) is 17.5 Å². The van der Waals surface area contributed by atoms with Gasteiger partial charge in [-0.15, -0.1) is 0 Å².